The molecular weight excluding hydrogens is 249 g/mol. The van der Waals surface area contributed by atoms with Gasteiger partial charge in [0.1, 0.15) is 5.82 Å². The molecule has 1 aromatic carbocycles. The Bertz CT molecular complexity index is 431. The number of hydrogen-bond acceptors (Lipinski definition) is 3. The number of nitrogens with zero attached hydrogens (tertiary/aromatic N) is 1. The van der Waals surface area contributed by atoms with Gasteiger partial charge in [0.25, 0.3) is 5.91 Å². The molecule has 104 valence electrons. The zero-order chi connectivity index (χ0) is 14.3. The summed E-state index contributed by atoms with van der Waals surface area (Å²) in [5.41, 5.74) is 0.416. The van der Waals surface area contributed by atoms with Crippen LogP contribution in [-0.2, 0) is 9.53 Å². The number of amides is 1. The average Bonchev–Trinajstić information content (AvgIpc) is 2.43. The summed E-state index contributed by atoms with van der Waals surface area (Å²) in [6.07, 6.45) is 0.942. The molecular formula is C14H18FNO3. The van der Waals surface area contributed by atoms with E-state index >= 15 is 0 Å². The van der Waals surface area contributed by atoms with Crippen LogP contribution in [-0.4, -0.2) is 37.0 Å². The number of benzene rings is 1. The van der Waals surface area contributed by atoms with E-state index in [2.05, 4.69) is 4.74 Å². The van der Waals surface area contributed by atoms with E-state index in [0.717, 1.165) is 6.42 Å². The van der Waals surface area contributed by atoms with E-state index < -0.39 is 0 Å². The van der Waals surface area contributed by atoms with Crippen LogP contribution in [0.25, 0.3) is 0 Å². The number of methoxy groups -OCH3 is 1. The van der Waals surface area contributed by atoms with Gasteiger partial charge >= 0.3 is 5.97 Å². The number of carbonyl (C=O) groups excluding carboxylic acids is 2. The first-order valence-electron chi connectivity index (χ1n) is 6.20. The molecule has 0 saturated carbocycles. The van der Waals surface area contributed by atoms with Crippen LogP contribution in [0, 0.1) is 5.82 Å². The van der Waals surface area contributed by atoms with E-state index in [1.54, 1.807) is 4.90 Å². The zero-order valence-electron chi connectivity index (χ0n) is 11.2. The molecule has 0 aliphatic rings. The molecule has 4 nitrogen and oxygen atoms in total. The van der Waals surface area contributed by atoms with Crippen molar-refractivity contribution in [3.8, 4) is 0 Å². The lowest BCUT2D eigenvalue weighted by atomic mass is 10.2. The van der Waals surface area contributed by atoms with Gasteiger partial charge in [-0.3, -0.25) is 9.59 Å². The quantitative estimate of drug-likeness (QED) is 0.743. The summed E-state index contributed by atoms with van der Waals surface area (Å²) in [5.74, 6) is -0.938. The minimum Gasteiger partial charge on any atom is -0.469 e. The second kappa shape index (κ2) is 7.51. The van der Waals surface area contributed by atoms with Crippen molar-refractivity contribution in [2.24, 2.45) is 0 Å². The van der Waals surface area contributed by atoms with Crippen molar-refractivity contribution >= 4 is 11.9 Å². The summed E-state index contributed by atoms with van der Waals surface area (Å²) < 4.78 is 17.4. The van der Waals surface area contributed by atoms with E-state index in [0.29, 0.717) is 18.7 Å². The van der Waals surface area contributed by atoms with E-state index in [1.807, 2.05) is 6.92 Å². The fourth-order valence-corrected chi connectivity index (χ4v) is 1.69. The summed E-state index contributed by atoms with van der Waals surface area (Å²) in [7, 11) is 1.31. The van der Waals surface area contributed by atoms with Gasteiger partial charge in [0, 0.05) is 18.7 Å². The Hall–Kier alpha value is -1.91. The second-order valence-corrected chi connectivity index (χ2v) is 4.13. The van der Waals surface area contributed by atoms with E-state index in [9.17, 15) is 14.0 Å². The maximum atomic E-state index is 12.8. The van der Waals surface area contributed by atoms with E-state index in [4.69, 9.17) is 0 Å². The zero-order valence-corrected chi connectivity index (χ0v) is 11.2. The molecule has 0 N–H and O–H groups in total. The highest BCUT2D eigenvalue weighted by Gasteiger charge is 2.16. The third-order valence-corrected chi connectivity index (χ3v) is 2.69. The Morgan fingerprint density at radius 1 is 1.21 bits per heavy atom. The molecule has 5 heteroatoms. The number of carbonyl (C=O) groups is 2. The molecule has 0 saturated heterocycles. The highest BCUT2D eigenvalue weighted by atomic mass is 19.1. The van der Waals surface area contributed by atoms with Crippen LogP contribution in [0.15, 0.2) is 24.3 Å². The van der Waals surface area contributed by atoms with E-state index in [1.165, 1.54) is 31.4 Å². The molecule has 1 aromatic rings. The Morgan fingerprint density at radius 2 is 1.84 bits per heavy atom. The Balaban J connectivity index is 2.71. The monoisotopic (exact) mass is 267 g/mol. The summed E-state index contributed by atoms with van der Waals surface area (Å²) >= 11 is 0. The Morgan fingerprint density at radius 3 is 2.37 bits per heavy atom. The summed E-state index contributed by atoms with van der Waals surface area (Å²) in [6, 6.07) is 5.38. The van der Waals surface area contributed by atoms with Gasteiger partial charge in [-0.15, -0.1) is 0 Å². The molecule has 0 aliphatic heterocycles. The minimum atomic E-state index is -0.381. The van der Waals surface area contributed by atoms with Crippen molar-refractivity contribution in [2.75, 3.05) is 20.2 Å². The third kappa shape index (κ3) is 4.69. The average molecular weight is 267 g/mol. The van der Waals surface area contributed by atoms with Gasteiger partial charge in [0.2, 0.25) is 0 Å². The van der Waals surface area contributed by atoms with Crippen LogP contribution < -0.4 is 0 Å². The SMILES string of the molecule is CCCN(CCC(=O)OC)C(=O)c1ccc(F)cc1. The topological polar surface area (TPSA) is 46.6 Å². The maximum Gasteiger partial charge on any atom is 0.307 e. The van der Waals surface area contributed by atoms with Crippen LogP contribution in [0.1, 0.15) is 30.1 Å². The van der Waals surface area contributed by atoms with Crippen molar-refractivity contribution in [1.29, 1.82) is 0 Å². The lowest BCUT2D eigenvalue weighted by Crippen LogP contribution is -2.33. The normalized spacial score (nSPS) is 10.1. The molecule has 0 fully saturated rings. The molecule has 0 unspecified atom stereocenters. The summed E-state index contributed by atoms with van der Waals surface area (Å²) in [5, 5.41) is 0. The molecule has 0 aromatic heterocycles. The number of rotatable bonds is 6. The van der Waals surface area contributed by atoms with Crippen LogP contribution in [0.3, 0.4) is 0 Å². The highest BCUT2D eigenvalue weighted by Crippen LogP contribution is 2.08. The lowest BCUT2D eigenvalue weighted by molar-refractivity contribution is -0.140. The number of esters is 1. The van der Waals surface area contributed by atoms with Crippen molar-refractivity contribution in [3.05, 3.63) is 35.6 Å². The molecule has 1 amide bonds. The standard InChI is InChI=1S/C14H18FNO3/c1-3-9-16(10-8-13(17)19-2)14(18)11-4-6-12(15)7-5-11/h4-7H,3,8-10H2,1-2H3. The van der Waals surface area contributed by atoms with Gasteiger partial charge in [-0.2, -0.15) is 0 Å². The van der Waals surface area contributed by atoms with Gasteiger partial charge in [-0.25, -0.2) is 4.39 Å². The fraction of sp³-hybridized carbons (Fsp3) is 0.429. The molecule has 0 atom stereocenters. The van der Waals surface area contributed by atoms with Crippen molar-refractivity contribution in [2.45, 2.75) is 19.8 Å². The third-order valence-electron chi connectivity index (χ3n) is 2.69. The van der Waals surface area contributed by atoms with Crippen molar-refractivity contribution in [3.63, 3.8) is 0 Å². The maximum absolute atomic E-state index is 12.8. The first-order chi connectivity index (χ1) is 9.08. The fourth-order valence-electron chi connectivity index (χ4n) is 1.69. The minimum absolute atomic E-state index is 0.156. The predicted octanol–water partition coefficient (Wildman–Crippen LogP) is 2.24. The van der Waals surface area contributed by atoms with E-state index in [-0.39, 0.29) is 24.1 Å². The Labute approximate surface area is 112 Å². The van der Waals surface area contributed by atoms with Crippen molar-refractivity contribution < 1.29 is 18.7 Å². The molecule has 0 aliphatic carbocycles. The molecule has 0 radical (unpaired) electrons. The first-order valence-corrected chi connectivity index (χ1v) is 6.20. The largest absolute Gasteiger partial charge is 0.469 e. The number of hydrogen-bond donors (Lipinski definition) is 0. The highest BCUT2D eigenvalue weighted by molar-refractivity contribution is 5.94. The first kappa shape index (κ1) is 15.1. The van der Waals surface area contributed by atoms with Crippen molar-refractivity contribution in [1.82, 2.24) is 4.90 Å². The number of halogens is 1. The van der Waals surface area contributed by atoms with Gasteiger partial charge in [-0.1, -0.05) is 6.92 Å². The summed E-state index contributed by atoms with van der Waals surface area (Å²) in [4.78, 5) is 24.9. The smallest absolute Gasteiger partial charge is 0.307 e. The Kier molecular flexibility index (Phi) is 5.99. The predicted molar refractivity (Wildman–Crippen MR) is 69.2 cm³/mol. The summed E-state index contributed by atoms with van der Waals surface area (Å²) in [6.45, 7) is 2.80. The van der Waals surface area contributed by atoms with Crippen LogP contribution >= 0.6 is 0 Å². The van der Waals surface area contributed by atoms with Gasteiger partial charge in [-0.05, 0) is 30.7 Å². The van der Waals surface area contributed by atoms with Crippen LogP contribution in [0.2, 0.25) is 0 Å². The molecule has 0 spiro atoms. The van der Waals surface area contributed by atoms with Gasteiger partial charge in [0.15, 0.2) is 0 Å². The second-order valence-electron chi connectivity index (χ2n) is 4.13. The molecule has 0 heterocycles. The number of ether oxygens (including phenoxy) is 1. The van der Waals surface area contributed by atoms with Crippen LogP contribution in [0.5, 0.6) is 0 Å². The van der Waals surface area contributed by atoms with Gasteiger partial charge in [0.05, 0.1) is 13.5 Å². The van der Waals surface area contributed by atoms with Crippen LogP contribution in [0.4, 0.5) is 4.39 Å². The van der Waals surface area contributed by atoms with Gasteiger partial charge < -0.3 is 9.64 Å². The molecule has 1 rings (SSSR count). The lowest BCUT2D eigenvalue weighted by Gasteiger charge is -2.21. The molecule has 19 heavy (non-hydrogen) atoms. The molecule has 0 bridgehead atoms.